The first-order chi connectivity index (χ1) is 13.7. The highest BCUT2D eigenvalue weighted by Gasteiger charge is 2.17. The van der Waals surface area contributed by atoms with E-state index in [1.165, 1.54) is 5.69 Å². The van der Waals surface area contributed by atoms with Crippen molar-refractivity contribution >= 4 is 16.6 Å². The molecule has 1 heterocycles. The molecule has 0 saturated heterocycles. The number of benzene rings is 2. The van der Waals surface area contributed by atoms with Gasteiger partial charge in [0.1, 0.15) is 11.5 Å². The summed E-state index contributed by atoms with van der Waals surface area (Å²) in [6.45, 7) is 6.74. The molecule has 0 spiro atoms. The highest BCUT2D eigenvalue weighted by molar-refractivity contribution is 5.94. The maximum Gasteiger partial charge on any atom is 0.132 e. The molecule has 148 valence electrons. The zero-order valence-electron chi connectivity index (χ0n) is 17.3. The lowest BCUT2D eigenvalue weighted by Gasteiger charge is -2.23. The van der Waals surface area contributed by atoms with E-state index in [1.807, 2.05) is 24.3 Å². The van der Waals surface area contributed by atoms with E-state index >= 15 is 0 Å². The number of fused-ring (bicyclic) bond motifs is 1. The van der Waals surface area contributed by atoms with Gasteiger partial charge in [-0.25, -0.2) is 4.98 Å². The Morgan fingerprint density at radius 1 is 0.893 bits per heavy atom. The fraction of sp³-hybridized carbons (Fsp3) is 0.348. The van der Waals surface area contributed by atoms with Gasteiger partial charge in [0, 0.05) is 31.3 Å². The smallest absolute Gasteiger partial charge is 0.132 e. The van der Waals surface area contributed by atoms with Gasteiger partial charge in [-0.3, -0.25) is 0 Å². The van der Waals surface area contributed by atoms with Crippen LogP contribution in [0.3, 0.4) is 0 Å². The van der Waals surface area contributed by atoms with Gasteiger partial charge >= 0.3 is 0 Å². The third-order valence-electron chi connectivity index (χ3n) is 4.95. The molecule has 0 saturated carbocycles. The lowest BCUT2D eigenvalue weighted by molar-refractivity contribution is 0.184. The zero-order chi connectivity index (χ0) is 20.1. The van der Waals surface area contributed by atoms with E-state index in [2.05, 4.69) is 36.9 Å². The van der Waals surface area contributed by atoms with Gasteiger partial charge in [-0.05, 0) is 55.8 Å². The summed E-state index contributed by atoms with van der Waals surface area (Å²) in [5.41, 5.74) is 4.81. The van der Waals surface area contributed by atoms with Crippen molar-refractivity contribution in [3.05, 3.63) is 48.0 Å². The fourth-order valence-electron chi connectivity index (χ4n) is 3.59. The third-order valence-corrected chi connectivity index (χ3v) is 4.95. The van der Waals surface area contributed by atoms with E-state index in [0.717, 1.165) is 52.3 Å². The number of hydrogen-bond acceptors (Lipinski definition) is 5. The standard InChI is InChI=1S/C23H28N2O3/c1-6-25(7-2)20-10-8-9-18-17(20)11-12-19(24-18)23-21(27-4)13-16(15-26-3)14-22(23)28-5/h8-14H,6-7,15H2,1-5H3. The summed E-state index contributed by atoms with van der Waals surface area (Å²) >= 11 is 0. The summed E-state index contributed by atoms with van der Waals surface area (Å²) in [6.07, 6.45) is 0. The van der Waals surface area contributed by atoms with Gasteiger partial charge in [-0.15, -0.1) is 0 Å². The Labute approximate surface area is 166 Å². The molecule has 0 fully saturated rings. The minimum Gasteiger partial charge on any atom is -0.496 e. The summed E-state index contributed by atoms with van der Waals surface area (Å²) < 4.78 is 16.6. The number of aromatic nitrogens is 1. The number of nitrogens with zero attached hydrogens (tertiary/aromatic N) is 2. The Morgan fingerprint density at radius 2 is 1.57 bits per heavy atom. The van der Waals surface area contributed by atoms with Crippen LogP contribution in [0.2, 0.25) is 0 Å². The summed E-state index contributed by atoms with van der Waals surface area (Å²) in [7, 11) is 4.99. The molecule has 0 amide bonds. The Bertz CT molecular complexity index is 927. The van der Waals surface area contributed by atoms with Crippen molar-refractivity contribution in [2.75, 3.05) is 39.3 Å². The average Bonchev–Trinajstić information content (AvgIpc) is 2.73. The molecule has 3 aromatic rings. The molecule has 2 aromatic carbocycles. The fourth-order valence-corrected chi connectivity index (χ4v) is 3.59. The molecular weight excluding hydrogens is 352 g/mol. The SMILES string of the molecule is CCN(CC)c1cccc2nc(-c3c(OC)cc(COC)cc3OC)ccc12. The second-order valence-electron chi connectivity index (χ2n) is 6.52. The van der Waals surface area contributed by atoms with Gasteiger partial charge in [-0.2, -0.15) is 0 Å². The van der Waals surface area contributed by atoms with Crippen molar-refractivity contribution in [2.45, 2.75) is 20.5 Å². The Kier molecular flexibility index (Phi) is 6.37. The topological polar surface area (TPSA) is 43.8 Å². The van der Waals surface area contributed by atoms with Gasteiger partial charge in [-0.1, -0.05) is 6.07 Å². The van der Waals surface area contributed by atoms with E-state index in [1.54, 1.807) is 21.3 Å². The molecule has 5 heteroatoms. The van der Waals surface area contributed by atoms with Crippen LogP contribution in [0, 0.1) is 0 Å². The lowest BCUT2D eigenvalue weighted by Crippen LogP contribution is -2.21. The van der Waals surface area contributed by atoms with Crippen LogP contribution in [0.1, 0.15) is 19.4 Å². The molecular formula is C23H28N2O3. The zero-order valence-corrected chi connectivity index (χ0v) is 17.3. The first kappa shape index (κ1) is 20.0. The first-order valence-corrected chi connectivity index (χ1v) is 9.55. The molecule has 0 bridgehead atoms. The molecule has 0 aliphatic rings. The van der Waals surface area contributed by atoms with Gasteiger partial charge in [0.05, 0.1) is 37.6 Å². The van der Waals surface area contributed by atoms with Crippen LogP contribution in [0.15, 0.2) is 42.5 Å². The van der Waals surface area contributed by atoms with E-state index in [9.17, 15) is 0 Å². The summed E-state index contributed by atoms with van der Waals surface area (Å²) in [5.74, 6) is 1.44. The largest absolute Gasteiger partial charge is 0.496 e. The molecule has 0 unspecified atom stereocenters. The van der Waals surface area contributed by atoms with Crippen molar-refractivity contribution in [2.24, 2.45) is 0 Å². The number of methoxy groups -OCH3 is 3. The van der Waals surface area contributed by atoms with E-state index in [0.29, 0.717) is 6.61 Å². The van der Waals surface area contributed by atoms with Crippen LogP contribution in [0.25, 0.3) is 22.2 Å². The highest BCUT2D eigenvalue weighted by Crippen LogP contribution is 2.40. The van der Waals surface area contributed by atoms with Crippen molar-refractivity contribution in [3.8, 4) is 22.8 Å². The van der Waals surface area contributed by atoms with E-state index < -0.39 is 0 Å². The Balaban J connectivity index is 2.17. The quantitative estimate of drug-likeness (QED) is 0.555. The Hall–Kier alpha value is -2.79. The van der Waals surface area contributed by atoms with Crippen LogP contribution in [0.5, 0.6) is 11.5 Å². The second kappa shape index (κ2) is 8.93. The van der Waals surface area contributed by atoms with Crippen LogP contribution < -0.4 is 14.4 Å². The molecule has 0 aliphatic carbocycles. The van der Waals surface area contributed by atoms with Crippen molar-refractivity contribution < 1.29 is 14.2 Å². The molecule has 0 aliphatic heterocycles. The van der Waals surface area contributed by atoms with Crippen molar-refractivity contribution in [3.63, 3.8) is 0 Å². The predicted octanol–water partition coefficient (Wildman–Crippen LogP) is 4.91. The van der Waals surface area contributed by atoms with E-state index in [-0.39, 0.29) is 0 Å². The lowest BCUT2D eigenvalue weighted by atomic mass is 10.0. The number of hydrogen-bond donors (Lipinski definition) is 0. The second-order valence-corrected chi connectivity index (χ2v) is 6.52. The first-order valence-electron chi connectivity index (χ1n) is 9.55. The number of rotatable bonds is 8. The molecule has 1 aromatic heterocycles. The maximum atomic E-state index is 5.65. The molecule has 0 N–H and O–H groups in total. The van der Waals surface area contributed by atoms with Crippen LogP contribution in [-0.2, 0) is 11.3 Å². The molecule has 0 radical (unpaired) electrons. The van der Waals surface area contributed by atoms with Gasteiger partial charge < -0.3 is 19.1 Å². The third kappa shape index (κ3) is 3.76. The summed E-state index contributed by atoms with van der Waals surface area (Å²) in [6, 6.07) is 14.4. The van der Waals surface area contributed by atoms with Crippen LogP contribution in [-0.4, -0.2) is 39.4 Å². The van der Waals surface area contributed by atoms with Crippen molar-refractivity contribution in [1.82, 2.24) is 4.98 Å². The number of anilines is 1. The summed E-state index contributed by atoms with van der Waals surface area (Å²) in [5, 5.41) is 1.14. The molecule has 3 rings (SSSR count). The monoisotopic (exact) mass is 380 g/mol. The minimum absolute atomic E-state index is 0.491. The van der Waals surface area contributed by atoms with Crippen molar-refractivity contribution in [1.29, 1.82) is 0 Å². The highest BCUT2D eigenvalue weighted by atomic mass is 16.5. The van der Waals surface area contributed by atoms with Gasteiger partial charge in [0.2, 0.25) is 0 Å². The molecule has 5 nitrogen and oxygen atoms in total. The summed E-state index contributed by atoms with van der Waals surface area (Å²) in [4.78, 5) is 7.27. The maximum absolute atomic E-state index is 5.65. The van der Waals surface area contributed by atoms with Gasteiger partial charge in [0.15, 0.2) is 0 Å². The molecule has 28 heavy (non-hydrogen) atoms. The average molecular weight is 380 g/mol. The van der Waals surface area contributed by atoms with Crippen LogP contribution in [0.4, 0.5) is 5.69 Å². The van der Waals surface area contributed by atoms with Crippen LogP contribution >= 0.6 is 0 Å². The Morgan fingerprint density at radius 3 is 2.14 bits per heavy atom. The van der Waals surface area contributed by atoms with Gasteiger partial charge in [0.25, 0.3) is 0 Å². The minimum atomic E-state index is 0.491. The predicted molar refractivity (Wildman–Crippen MR) is 115 cm³/mol. The van der Waals surface area contributed by atoms with E-state index in [4.69, 9.17) is 19.2 Å². The molecule has 0 atom stereocenters. The number of ether oxygens (including phenoxy) is 3. The number of pyridine rings is 1. The normalized spacial score (nSPS) is 10.9.